The summed E-state index contributed by atoms with van der Waals surface area (Å²) in [6.07, 6.45) is 11.5. The van der Waals surface area contributed by atoms with Gasteiger partial charge < -0.3 is 10.6 Å². The third-order valence-corrected chi connectivity index (χ3v) is 14.3. The van der Waals surface area contributed by atoms with Gasteiger partial charge in [-0.1, -0.05) is 120 Å². The van der Waals surface area contributed by atoms with Gasteiger partial charge in [-0.2, -0.15) is 0 Å². The summed E-state index contributed by atoms with van der Waals surface area (Å²) in [5.74, 6) is 0.473. The van der Waals surface area contributed by atoms with Crippen molar-refractivity contribution >= 4 is 72.2 Å². The van der Waals surface area contributed by atoms with Crippen LogP contribution in [-0.2, 0) is 10.8 Å². The summed E-state index contributed by atoms with van der Waals surface area (Å²) >= 11 is 1.96. The zero-order valence-electron chi connectivity index (χ0n) is 33.8. The predicted octanol–water partition coefficient (Wildman–Crippen LogP) is 12.3. The van der Waals surface area contributed by atoms with Gasteiger partial charge in [-0.15, -0.1) is 11.3 Å². The number of nitrogens with zero attached hydrogens (tertiary/aromatic N) is 1. The van der Waals surface area contributed by atoms with Crippen LogP contribution in [0.15, 0.2) is 109 Å². The van der Waals surface area contributed by atoms with E-state index < -0.39 is 0 Å². The standard InChI is InChI=1S/C51H53BN2S/c1-31(2)36-22-23-46-39(28-36)33(4)49(55-46)52-42-29-40-41(51(7,8)25-24-50(40,5)6)30-44(42)54(45-27-32(3)26-43(53)47(45)52)48-37(34-16-11-9-12-17-34)20-15-21-38(48)35-18-13-10-14-19-35/h9,11-13,15-23,26-31H,10,14,24-25,53H2,1-8H3. The number of thiophene rings is 1. The van der Waals surface area contributed by atoms with Gasteiger partial charge >= 0.3 is 0 Å². The highest BCUT2D eigenvalue weighted by molar-refractivity contribution is 7.32. The van der Waals surface area contributed by atoms with Crippen LogP contribution in [0.5, 0.6) is 0 Å². The molecule has 0 bridgehead atoms. The van der Waals surface area contributed by atoms with E-state index in [9.17, 15) is 0 Å². The quantitative estimate of drug-likeness (QED) is 0.141. The Balaban J connectivity index is 1.43. The fraction of sp³-hybridized carbons (Fsp3) is 0.294. The number of anilines is 4. The Morgan fingerprint density at radius 3 is 2.20 bits per heavy atom. The maximum atomic E-state index is 7.40. The molecule has 1 aromatic heterocycles. The maximum Gasteiger partial charge on any atom is 0.262 e. The smallest absolute Gasteiger partial charge is 0.262 e. The van der Waals surface area contributed by atoms with Gasteiger partial charge in [-0.05, 0) is 147 Å². The second kappa shape index (κ2) is 13.2. The molecule has 0 saturated heterocycles. The zero-order valence-corrected chi connectivity index (χ0v) is 34.6. The first-order valence-corrected chi connectivity index (χ1v) is 21.1. The number of nitrogens with two attached hydrogens (primary N) is 1. The molecule has 4 heteroatoms. The Morgan fingerprint density at radius 1 is 0.764 bits per heavy atom. The van der Waals surface area contributed by atoms with Gasteiger partial charge in [-0.25, -0.2) is 0 Å². The molecular weight excluding hydrogens is 683 g/mol. The van der Waals surface area contributed by atoms with Crippen molar-refractivity contribution in [2.45, 2.75) is 97.8 Å². The number of fused-ring (bicyclic) bond motifs is 4. The van der Waals surface area contributed by atoms with E-state index >= 15 is 0 Å². The average Bonchev–Trinajstić information content (AvgIpc) is 3.50. The first-order valence-electron chi connectivity index (χ1n) is 20.3. The fourth-order valence-corrected chi connectivity index (χ4v) is 11.0. The van der Waals surface area contributed by atoms with Crippen molar-refractivity contribution in [1.29, 1.82) is 0 Å². The van der Waals surface area contributed by atoms with Crippen LogP contribution in [0, 0.1) is 13.8 Å². The van der Waals surface area contributed by atoms with Crippen LogP contribution in [0.25, 0.3) is 26.8 Å². The molecule has 276 valence electrons. The third-order valence-electron chi connectivity index (χ3n) is 13.0. The number of hydrogen-bond donors (Lipinski definition) is 1. The van der Waals surface area contributed by atoms with E-state index in [2.05, 4.69) is 170 Å². The van der Waals surface area contributed by atoms with Crippen LogP contribution in [-0.4, -0.2) is 6.71 Å². The number of para-hydroxylation sites is 1. The summed E-state index contributed by atoms with van der Waals surface area (Å²) in [7, 11) is 0. The second-order valence-electron chi connectivity index (χ2n) is 18.0. The van der Waals surface area contributed by atoms with Crippen LogP contribution >= 0.6 is 11.3 Å². The van der Waals surface area contributed by atoms with Crippen LogP contribution in [0.2, 0.25) is 0 Å². The molecule has 55 heavy (non-hydrogen) atoms. The highest BCUT2D eigenvalue weighted by Crippen LogP contribution is 2.51. The van der Waals surface area contributed by atoms with Crippen LogP contribution < -0.4 is 26.3 Å². The van der Waals surface area contributed by atoms with E-state index in [0.29, 0.717) is 5.92 Å². The SMILES string of the molecule is Cc1cc(N)c2c(c1)N(c1c(C3=CCCC=C3)cccc1-c1ccccc1)c1cc3c(cc1B2c1sc2ccc(C(C)C)cc2c1C)C(C)(C)CCC3(C)C. The first-order chi connectivity index (χ1) is 26.3. The van der Waals surface area contributed by atoms with E-state index in [4.69, 9.17) is 5.73 Å². The van der Waals surface area contributed by atoms with Crippen molar-refractivity contribution in [2.24, 2.45) is 0 Å². The van der Waals surface area contributed by atoms with E-state index in [0.717, 1.165) is 24.9 Å². The minimum absolute atomic E-state index is 0.00554. The summed E-state index contributed by atoms with van der Waals surface area (Å²) in [5.41, 5.74) is 26.5. The van der Waals surface area contributed by atoms with Gasteiger partial charge in [0.1, 0.15) is 0 Å². The minimum atomic E-state index is -0.00554. The normalized spacial score (nSPS) is 16.9. The highest BCUT2D eigenvalue weighted by Gasteiger charge is 2.44. The molecule has 0 amide bonds. The lowest BCUT2D eigenvalue weighted by Gasteiger charge is -2.45. The van der Waals surface area contributed by atoms with Gasteiger partial charge in [-0.3, -0.25) is 0 Å². The van der Waals surface area contributed by atoms with E-state index in [1.807, 2.05) is 11.3 Å². The van der Waals surface area contributed by atoms with Gasteiger partial charge in [0.25, 0.3) is 6.71 Å². The molecule has 0 radical (unpaired) electrons. The topological polar surface area (TPSA) is 29.3 Å². The number of rotatable bonds is 5. The Kier molecular flexibility index (Phi) is 8.59. The fourth-order valence-electron chi connectivity index (χ4n) is 9.72. The Hall–Kier alpha value is -4.80. The lowest BCUT2D eigenvalue weighted by atomic mass is 9.36. The van der Waals surface area contributed by atoms with E-state index in [1.165, 1.54) is 99.4 Å². The van der Waals surface area contributed by atoms with Crippen molar-refractivity contribution in [3.8, 4) is 11.1 Å². The van der Waals surface area contributed by atoms with Crippen LogP contribution in [0.4, 0.5) is 22.7 Å². The number of allylic oxidation sites excluding steroid dienone is 4. The molecule has 9 rings (SSSR count). The summed E-state index contributed by atoms with van der Waals surface area (Å²) in [6, 6.07) is 34.8. The number of aryl methyl sites for hydroxylation is 2. The monoisotopic (exact) mass is 736 g/mol. The Labute approximate surface area is 332 Å². The molecule has 2 aliphatic carbocycles. The summed E-state index contributed by atoms with van der Waals surface area (Å²) in [5, 5.41) is 1.37. The molecule has 0 atom stereocenters. The number of benzene rings is 5. The molecule has 2 heterocycles. The average molecular weight is 737 g/mol. The molecule has 6 aromatic rings. The van der Waals surface area contributed by atoms with Gasteiger partial charge in [0.15, 0.2) is 0 Å². The molecule has 0 saturated carbocycles. The van der Waals surface area contributed by atoms with E-state index in [1.54, 1.807) is 0 Å². The number of nitrogen functional groups attached to an aromatic ring is 1. The highest BCUT2D eigenvalue weighted by atomic mass is 32.1. The van der Waals surface area contributed by atoms with E-state index in [-0.39, 0.29) is 17.5 Å². The molecule has 0 fully saturated rings. The van der Waals surface area contributed by atoms with Crippen molar-refractivity contribution in [1.82, 2.24) is 0 Å². The second-order valence-corrected chi connectivity index (χ2v) is 19.1. The molecule has 3 aliphatic rings. The lowest BCUT2D eigenvalue weighted by molar-refractivity contribution is 0.332. The third kappa shape index (κ3) is 5.82. The molecule has 2 N–H and O–H groups in total. The van der Waals surface area contributed by atoms with Crippen LogP contribution in [0.3, 0.4) is 0 Å². The first kappa shape index (κ1) is 35.9. The Bertz CT molecular complexity index is 2570. The van der Waals surface area contributed by atoms with Gasteiger partial charge in [0, 0.05) is 32.9 Å². The molecule has 2 nitrogen and oxygen atoms in total. The Morgan fingerprint density at radius 2 is 1.49 bits per heavy atom. The zero-order chi connectivity index (χ0) is 38.4. The minimum Gasteiger partial charge on any atom is -0.399 e. The molecule has 5 aromatic carbocycles. The molecule has 0 unspecified atom stereocenters. The van der Waals surface area contributed by atoms with Crippen molar-refractivity contribution < 1.29 is 0 Å². The van der Waals surface area contributed by atoms with Gasteiger partial charge in [0.2, 0.25) is 0 Å². The van der Waals surface area contributed by atoms with Crippen molar-refractivity contribution in [2.75, 3.05) is 10.6 Å². The van der Waals surface area contributed by atoms with Crippen molar-refractivity contribution in [3.05, 3.63) is 143 Å². The maximum absolute atomic E-state index is 7.40. The van der Waals surface area contributed by atoms with Crippen molar-refractivity contribution in [3.63, 3.8) is 0 Å². The summed E-state index contributed by atoms with van der Waals surface area (Å²) in [6.45, 7) is 19.0. The van der Waals surface area contributed by atoms with Gasteiger partial charge in [0.05, 0.1) is 5.69 Å². The largest absolute Gasteiger partial charge is 0.399 e. The summed E-state index contributed by atoms with van der Waals surface area (Å²) < 4.78 is 2.75. The predicted molar refractivity (Wildman–Crippen MR) is 243 cm³/mol. The molecular formula is C51H53BN2S. The lowest BCUT2D eigenvalue weighted by Crippen LogP contribution is -2.58. The number of hydrogen-bond acceptors (Lipinski definition) is 3. The molecule has 0 spiro atoms. The molecule has 1 aliphatic heterocycles. The summed E-state index contributed by atoms with van der Waals surface area (Å²) in [4.78, 5) is 2.63. The van der Waals surface area contributed by atoms with Crippen LogP contribution in [0.1, 0.15) is 107 Å².